The van der Waals surface area contributed by atoms with E-state index in [1.165, 1.54) is 24.3 Å². The van der Waals surface area contributed by atoms with Crippen LogP contribution in [0.3, 0.4) is 0 Å². The van der Waals surface area contributed by atoms with Gasteiger partial charge in [0, 0.05) is 16.7 Å². The monoisotopic (exact) mass is 340 g/mol. The molecule has 0 aliphatic rings. The van der Waals surface area contributed by atoms with Crippen LogP contribution < -0.4 is 10.6 Å². The summed E-state index contributed by atoms with van der Waals surface area (Å²) >= 11 is 0. The molecule has 0 fully saturated rings. The molecule has 25 heavy (non-hydrogen) atoms. The van der Waals surface area contributed by atoms with Crippen molar-refractivity contribution in [2.24, 2.45) is 0 Å². The third-order valence-corrected chi connectivity index (χ3v) is 3.31. The smallest absolute Gasteiger partial charge is 0.322 e. The van der Waals surface area contributed by atoms with Crippen molar-refractivity contribution >= 4 is 23.6 Å². The number of benzene rings is 2. The highest BCUT2D eigenvalue weighted by Gasteiger charge is 2.11. The fourth-order valence-electron chi connectivity index (χ4n) is 2.02. The van der Waals surface area contributed by atoms with Gasteiger partial charge in [0.05, 0.1) is 6.54 Å². The molecule has 0 unspecified atom stereocenters. The molecule has 2 aromatic rings. The molecule has 7 nitrogen and oxygen atoms in total. The Bertz CT molecular complexity index is 785. The zero-order chi connectivity index (χ0) is 18.2. The number of hydrogen-bond acceptors (Lipinski definition) is 4. The number of ketones is 1. The third kappa shape index (κ3) is 5.28. The Hall–Kier alpha value is -3.48. The summed E-state index contributed by atoms with van der Waals surface area (Å²) in [6.07, 6.45) is 0. The highest BCUT2D eigenvalue weighted by Crippen LogP contribution is 2.05. The fraction of sp³-hybridized carbons (Fsp3) is 0.111. The number of rotatable bonds is 7. The summed E-state index contributed by atoms with van der Waals surface area (Å²) in [4.78, 5) is 46.1. The molecule has 128 valence electrons. The number of carboxylic acids is 1. The lowest BCUT2D eigenvalue weighted by Gasteiger charge is -2.06. The number of aliphatic carboxylic acids is 1. The predicted molar refractivity (Wildman–Crippen MR) is 89.5 cm³/mol. The number of carboxylic acid groups (broad SMARTS) is 1. The summed E-state index contributed by atoms with van der Waals surface area (Å²) in [7, 11) is 0. The minimum absolute atomic E-state index is 0.135. The van der Waals surface area contributed by atoms with E-state index >= 15 is 0 Å². The Balaban J connectivity index is 1.91. The maximum absolute atomic E-state index is 12.0. The van der Waals surface area contributed by atoms with Crippen LogP contribution in [0.15, 0.2) is 54.6 Å². The molecule has 0 aliphatic carbocycles. The first kappa shape index (κ1) is 17.9. The molecule has 2 amide bonds. The van der Waals surface area contributed by atoms with Crippen LogP contribution in [0.4, 0.5) is 0 Å². The second-order valence-corrected chi connectivity index (χ2v) is 5.13. The number of Topliss-reactive ketones (excluding diaryl/α,β-unsaturated/α-hetero) is 1. The Kier molecular flexibility index (Phi) is 6.00. The lowest BCUT2D eigenvalue weighted by Crippen LogP contribution is -2.30. The zero-order valence-electron chi connectivity index (χ0n) is 13.2. The van der Waals surface area contributed by atoms with Crippen LogP contribution >= 0.6 is 0 Å². The summed E-state index contributed by atoms with van der Waals surface area (Å²) in [6, 6.07) is 14.3. The zero-order valence-corrected chi connectivity index (χ0v) is 13.2. The molecule has 0 aliphatic heterocycles. The number of nitrogens with one attached hydrogen (secondary N) is 2. The molecule has 0 bridgehead atoms. The Morgan fingerprint density at radius 1 is 0.680 bits per heavy atom. The molecular weight excluding hydrogens is 324 g/mol. The van der Waals surface area contributed by atoms with Crippen molar-refractivity contribution < 1.29 is 24.3 Å². The van der Waals surface area contributed by atoms with E-state index in [1.807, 2.05) is 0 Å². The molecule has 3 N–H and O–H groups in total. The molecule has 0 saturated carbocycles. The lowest BCUT2D eigenvalue weighted by molar-refractivity contribution is -0.135. The van der Waals surface area contributed by atoms with Gasteiger partial charge >= 0.3 is 5.97 Å². The van der Waals surface area contributed by atoms with Crippen LogP contribution in [0, 0.1) is 0 Å². The molecule has 0 spiro atoms. The van der Waals surface area contributed by atoms with Crippen molar-refractivity contribution in [1.29, 1.82) is 0 Å². The van der Waals surface area contributed by atoms with Gasteiger partial charge in [0.25, 0.3) is 11.8 Å². The van der Waals surface area contributed by atoms with Crippen LogP contribution in [-0.2, 0) is 4.79 Å². The summed E-state index contributed by atoms with van der Waals surface area (Å²) < 4.78 is 0. The summed E-state index contributed by atoms with van der Waals surface area (Å²) in [5.41, 5.74) is 1.03. The maximum Gasteiger partial charge on any atom is 0.322 e. The van der Waals surface area contributed by atoms with Gasteiger partial charge in [0.1, 0.15) is 6.54 Å². The van der Waals surface area contributed by atoms with Gasteiger partial charge in [0.2, 0.25) is 0 Å². The number of carbonyl (C=O) groups is 4. The normalized spacial score (nSPS) is 9.92. The molecular formula is C18H16N2O5. The first-order valence-corrected chi connectivity index (χ1v) is 7.44. The molecule has 2 aromatic carbocycles. The second-order valence-electron chi connectivity index (χ2n) is 5.13. The average molecular weight is 340 g/mol. The molecule has 0 heterocycles. The maximum atomic E-state index is 12.0. The van der Waals surface area contributed by atoms with Gasteiger partial charge in [-0.1, -0.05) is 30.3 Å². The van der Waals surface area contributed by atoms with Crippen molar-refractivity contribution in [3.63, 3.8) is 0 Å². The number of hydrogen-bond donors (Lipinski definition) is 3. The molecule has 0 radical (unpaired) electrons. The van der Waals surface area contributed by atoms with Gasteiger partial charge in [-0.3, -0.25) is 19.2 Å². The predicted octanol–water partition coefficient (Wildman–Crippen LogP) is 1.11. The van der Waals surface area contributed by atoms with E-state index in [2.05, 4.69) is 10.6 Å². The lowest BCUT2D eigenvalue weighted by atomic mass is 10.1. The van der Waals surface area contributed by atoms with E-state index in [4.69, 9.17) is 5.11 Å². The van der Waals surface area contributed by atoms with Gasteiger partial charge in [-0.05, 0) is 24.3 Å². The van der Waals surface area contributed by atoms with E-state index in [1.54, 1.807) is 30.3 Å². The first-order chi connectivity index (χ1) is 12.0. The molecule has 0 aromatic heterocycles. The van der Waals surface area contributed by atoms with E-state index in [0.717, 1.165) is 0 Å². The Morgan fingerprint density at radius 3 is 1.64 bits per heavy atom. The molecule has 0 atom stereocenters. The van der Waals surface area contributed by atoms with Gasteiger partial charge < -0.3 is 15.7 Å². The largest absolute Gasteiger partial charge is 0.480 e. The van der Waals surface area contributed by atoms with Crippen molar-refractivity contribution in [3.05, 3.63) is 71.3 Å². The summed E-state index contributed by atoms with van der Waals surface area (Å²) in [5, 5.41) is 13.3. The molecule has 7 heteroatoms. The topological polar surface area (TPSA) is 113 Å². The van der Waals surface area contributed by atoms with Crippen LogP contribution in [0.1, 0.15) is 31.1 Å². The third-order valence-electron chi connectivity index (χ3n) is 3.31. The van der Waals surface area contributed by atoms with E-state index in [-0.39, 0.29) is 23.5 Å². The first-order valence-electron chi connectivity index (χ1n) is 7.44. The quantitative estimate of drug-likeness (QED) is 0.654. The minimum Gasteiger partial charge on any atom is -0.480 e. The molecule has 0 saturated heterocycles. The average Bonchev–Trinajstić information content (AvgIpc) is 2.64. The van der Waals surface area contributed by atoms with Crippen LogP contribution in [0.5, 0.6) is 0 Å². The fourth-order valence-corrected chi connectivity index (χ4v) is 2.02. The van der Waals surface area contributed by atoms with E-state index in [0.29, 0.717) is 5.56 Å². The van der Waals surface area contributed by atoms with Crippen molar-refractivity contribution in [2.75, 3.05) is 13.1 Å². The van der Waals surface area contributed by atoms with Crippen LogP contribution in [-0.4, -0.2) is 41.8 Å². The van der Waals surface area contributed by atoms with E-state index in [9.17, 15) is 19.2 Å². The number of carbonyl (C=O) groups excluding carboxylic acids is 3. The van der Waals surface area contributed by atoms with Gasteiger partial charge in [0.15, 0.2) is 5.78 Å². The van der Waals surface area contributed by atoms with Gasteiger partial charge in [-0.25, -0.2) is 0 Å². The van der Waals surface area contributed by atoms with Crippen LogP contribution in [0.2, 0.25) is 0 Å². The van der Waals surface area contributed by atoms with Crippen LogP contribution in [0.25, 0.3) is 0 Å². The molecule has 2 rings (SSSR count). The SMILES string of the molecule is O=C(O)CNC(=O)c1ccc(C(=O)NCC(=O)c2ccccc2)cc1. The second kappa shape index (κ2) is 8.39. The van der Waals surface area contributed by atoms with Gasteiger partial charge in [-0.2, -0.15) is 0 Å². The van der Waals surface area contributed by atoms with Crippen molar-refractivity contribution in [1.82, 2.24) is 10.6 Å². The highest BCUT2D eigenvalue weighted by molar-refractivity contribution is 6.02. The standard InChI is InChI=1S/C18H16N2O5/c21-15(12-4-2-1-3-5-12)10-19-17(24)13-6-8-14(9-7-13)18(25)20-11-16(22)23/h1-9H,10-11H2,(H,19,24)(H,20,25)(H,22,23). The van der Waals surface area contributed by atoms with Gasteiger partial charge in [-0.15, -0.1) is 0 Å². The summed E-state index contributed by atoms with van der Waals surface area (Å²) in [6.45, 7) is -0.619. The summed E-state index contributed by atoms with van der Waals surface area (Å²) in [5.74, 6) is -2.35. The van der Waals surface area contributed by atoms with Crippen molar-refractivity contribution in [2.45, 2.75) is 0 Å². The minimum atomic E-state index is -1.15. The van der Waals surface area contributed by atoms with Crippen molar-refractivity contribution in [3.8, 4) is 0 Å². The Morgan fingerprint density at radius 2 is 1.16 bits per heavy atom. The Labute approximate surface area is 143 Å². The number of amides is 2. The highest BCUT2D eigenvalue weighted by atomic mass is 16.4. The van der Waals surface area contributed by atoms with E-state index < -0.39 is 24.3 Å².